The second-order valence-electron chi connectivity index (χ2n) is 9.32. The van der Waals surface area contributed by atoms with E-state index in [-0.39, 0.29) is 11.9 Å². The fourth-order valence-corrected chi connectivity index (χ4v) is 5.94. The SMILES string of the molecule is C[C@H](NS(=O)(=O)c1cnc(-c2c(C#N)c3ccc(C4CC4)cc3n2C2CCCC2)nc1)C(F)(F)F. The Morgan fingerprint density at radius 2 is 1.80 bits per heavy atom. The van der Waals surface area contributed by atoms with E-state index in [1.807, 2.05) is 12.1 Å². The first kappa shape index (κ1) is 23.8. The number of nitrogens with one attached hydrogen (secondary N) is 1. The predicted octanol–water partition coefficient (Wildman–Crippen LogP) is 5.19. The van der Waals surface area contributed by atoms with Gasteiger partial charge in [0.15, 0.2) is 5.82 Å². The molecule has 7 nitrogen and oxygen atoms in total. The second-order valence-corrected chi connectivity index (χ2v) is 11.0. The van der Waals surface area contributed by atoms with Crippen LogP contribution in [0.4, 0.5) is 13.2 Å². The summed E-state index contributed by atoms with van der Waals surface area (Å²) in [7, 11) is -4.48. The lowest BCUT2D eigenvalue weighted by molar-refractivity contribution is -0.147. The van der Waals surface area contributed by atoms with Crippen LogP contribution in [0.25, 0.3) is 22.4 Å². The lowest BCUT2D eigenvalue weighted by Gasteiger charge is -2.18. The van der Waals surface area contributed by atoms with Crippen molar-refractivity contribution in [3.8, 4) is 17.6 Å². The zero-order chi connectivity index (χ0) is 25.0. The van der Waals surface area contributed by atoms with Gasteiger partial charge in [-0.2, -0.15) is 23.2 Å². The number of aromatic nitrogens is 3. The van der Waals surface area contributed by atoms with Crippen LogP contribution >= 0.6 is 0 Å². The summed E-state index contributed by atoms with van der Waals surface area (Å²) in [6.07, 6.45) is 3.56. The number of rotatable bonds is 6. The number of halogens is 3. The minimum Gasteiger partial charge on any atom is -0.334 e. The van der Waals surface area contributed by atoms with Crippen LogP contribution in [0.1, 0.15) is 68.5 Å². The smallest absolute Gasteiger partial charge is 0.334 e. The van der Waals surface area contributed by atoms with Crippen LogP contribution in [0.2, 0.25) is 0 Å². The molecule has 5 rings (SSSR count). The van der Waals surface area contributed by atoms with Crippen LogP contribution in [0.5, 0.6) is 0 Å². The molecule has 2 aliphatic carbocycles. The Kier molecular flexibility index (Phi) is 5.84. The van der Waals surface area contributed by atoms with Crippen molar-refractivity contribution < 1.29 is 21.6 Å². The molecule has 35 heavy (non-hydrogen) atoms. The molecule has 1 atom stereocenters. The highest BCUT2D eigenvalue weighted by molar-refractivity contribution is 7.89. The Bertz CT molecular complexity index is 1410. The third-order valence-corrected chi connectivity index (χ3v) is 8.35. The monoisotopic (exact) mass is 503 g/mol. The highest BCUT2D eigenvalue weighted by Crippen LogP contribution is 2.44. The van der Waals surface area contributed by atoms with E-state index in [1.54, 1.807) is 4.72 Å². The molecule has 0 aliphatic heterocycles. The van der Waals surface area contributed by atoms with Gasteiger partial charge in [0.05, 0.1) is 23.5 Å². The molecule has 0 radical (unpaired) electrons. The van der Waals surface area contributed by atoms with E-state index >= 15 is 0 Å². The average molecular weight is 504 g/mol. The van der Waals surface area contributed by atoms with Gasteiger partial charge >= 0.3 is 6.18 Å². The average Bonchev–Trinajstić information content (AvgIpc) is 3.42. The molecular weight excluding hydrogens is 479 g/mol. The maximum atomic E-state index is 12.8. The lowest BCUT2D eigenvalue weighted by Crippen LogP contribution is -2.43. The molecule has 2 fully saturated rings. The summed E-state index contributed by atoms with van der Waals surface area (Å²) in [6, 6.07) is 6.31. The predicted molar refractivity (Wildman–Crippen MR) is 123 cm³/mol. The maximum absolute atomic E-state index is 12.8. The van der Waals surface area contributed by atoms with Crippen molar-refractivity contribution in [2.45, 2.75) is 74.5 Å². The summed E-state index contributed by atoms with van der Waals surface area (Å²) in [4.78, 5) is 7.94. The summed E-state index contributed by atoms with van der Waals surface area (Å²) in [5, 5.41) is 10.8. The molecule has 0 unspecified atom stereocenters. The summed E-state index contributed by atoms with van der Waals surface area (Å²) >= 11 is 0. The van der Waals surface area contributed by atoms with Gasteiger partial charge in [0.25, 0.3) is 0 Å². The molecule has 11 heteroatoms. The van der Waals surface area contributed by atoms with E-state index in [0.717, 1.165) is 68.7 Å². The molecule has 2 aromatic heterocycles. The molecular formula is C24H24F3N5O2S. The molecule has 2 heterocycles. The van der Waals surface area contributed by atoms with Crippen LogP contribution in [0.15, 0.2) is 35.5 Å². The Labute approximate surface area is 201 Å². The molecule has 184 valence electrons. The van der Waals surface area contributed by atoms with E-state index in [0.29, 0.717) is 17.2 Å². The number of hydrogen-bond acceptors (Lipinski definition) is 5. The van der Waals surface area contributed by atoms with Crippen molar-refractivity contribution in [2.24, 2.45) is 0 Å². The third kappa shape index (κ3) is 4.41. The van der Waals surface area contributed by atoms with Crippen LogP contribution in [-0.4, -0.2) is 35.2 Å². The van der Waals surface area contributed by atoms with Gasteiger partial charge in [-0.05, 0) is 50.2 Å². The summed E-state index contributed by atoms with van der Waals surface area (Å²) in [5.74, 6) is 0.702. The first-order chi connectivity index (χ1) is 16.6. The Morgan fingerprint density at radius 3 is 2.37 bits per heavy atom. The normalized spacial score (nSPS) is 18.1. The molecule has 2 saturated carbocycles. The fraction of sp³-hybridized carbons (Fsp3) is 0.458. The van der Waals surface area contributed by atoms with Gasteiger partial charge in [-0.1, -0.05) is 25.0 Å². The maximum Gasteiger partial charge on any atom is 0.404 e. The van der Waals surface area contributed by atoms with Crippen molar-refractivity contribution in [3.63, 3.8) is 0 Å². The van der Waals surface area contributed by atoms with Crippen LogP contribution < -0.4 is 4.72 Å². The van der Waals surface area contributed by atoms with E-state index in [4.69, 9.17) is 0 Å². The van der Waals surface area contributed by atoms with Gasteiger partial charge in [0.2, 0.25) is 10.0 Å². The van der Waals surface area contributed by atoms with Crippen molar-refractivity contribution in [2.75, 3.05) is 0 Å². The van der Waals surface area contributed by atoms with Crippen LogP contribution in [-0.2, 0) is 10.0 Å². The third-order valence-electron chi connectivity index (χ3n) is 6.85. The van der Waals surface area contributed by atoms with Gasteiger partial charge in [-0.15, -0.1) is 0 Å². The summed E-state index contributed by atoms with van der Waals surface area (Å²) in [5.41, 5.74) is 3.10. The molecule has 1 N–H and O–H groups in total. The van der Waals surface area contributed by atoms with E-state index in [1.165, 1.54) is 5.56 Å². The van der Waals surface area contributed by atoms with Crippen LogP contribution in [0.3, 0.4) is 0 Å². The first-order valence-electron chi connectivity index (χ1n) is 11.6. The van der Waals surface area contributed by atoms with Gasteiger partial charge < -0.3 is 4.57 Å². The van der Waals surface area contributed by atoms with Crippen LogP contribution in [0, 0.1) is 11.3 Å². The zero-order valence-corrected chi connectivity index (χ0v) is 19.8. The van der Waals surface area contributed by atoms with Crippen molar-refractivity contribution in [1.82, 2.24) is 19.3 Å². The molecule has 3 aromatic rings. The van der Waals surface area contributed by atoms with Gasteiger partial charge in [-0.25, -0.2) is 18.4 Å². The quantitative estimate of drug-likeness (QED) is 0.499. The fourth-order valence-electron chi connectivity index (χ4n) is 4.82. The van der Waals surface area contributed by atoms with Crippen molar-refractivity contribution >= 4 is 20.9 Å². The Balaban J connectivity index is 1.60. The molecule has 0 bridgehead atoms. The molecule has 1 aromatic carbocycles. The van der Waals surface area contributed by atoms with E-state index in [2.05, 4.69) is 26.7 Å². The van der Waals surface area contributed by atoms with Gasteiger partial charge in [0.1, 0.15) is 22.7 Å². The van der Waals surface area contributed by atoms with Gasteiger partial charge in [-0.3, -0.25) is 0 Å². The Morgan fingerprint density at radius 1 is 1.14 bits per heavy atom. The minimum absolute atomic E-state index is 0.158. The highest BCUT2D eigenvalue weighted by atomic mass is 32.2. The summed E-state index contributed by atoms with van der Waals surface area (Å²) < 4.78 is 67.1. The highest BCUT2D eigenvalue weighted by Gasteiger charge is 2.39. The second kappa shape index (κ2) is 8.60. The number of hydrogen-bond donors (Lipinski definition) is 1. The summed E-state index contributed by atoms with van der Waals surface area (Å²) in [6.45, 7) is 0.724. The topological polar surface area (TPSA) is 101 Å². The minimum atomic E-state index is -4.73. The lowest BCUT2D eigenvalue weighted by atomic mass is 10.1. The number of sulfonamides is 1. The Hall–Kier alpha value is -2.97. The molecule has 2 aliphatic rings. The first-order valence-corrected chi connectivity index (χ1v) is 13.1. The zero-order valence-electron chi connectivity index (χ0n) is 19.0. The number of alkyl halides is 3. The molecule has 0 amide bonds. The molecule has 0 saturated heterocycles. The number of benzene rings is 1. The number of nitrogens with zero attached hydrogens (tertiary/aromatic N) is 4. The largest absolute Gasteiger partial charge is 0.404 e. The number of nitriles is 1. The van der Waals surface area contributed by atoms with Crippen molar-refractivity contribution in [1.29, 1.82) is 5.26 Å². The number of fused-ring (bicyclic) bond motifs is 1. The van der Waals surface area contributed by atoms with Crippen molar-refractivity contribution in [3.05, 3.63) is 41.7 Å². The standard InChI is InChI=1S/C24H24F3N5O2S/c1-14(24(25,26)27)31-35(33,34)18-12-29-23(30-13-18)22-20(11-28)19-9-8-16(15-6-7-15)10-21(19)32(22)17-4-2-3-5-17/h8-10,12-15,17,31H,2-7H2,1H3/t14-/m0/s1. The molecule has 0 spiro atoms. The van der Waals surface area contributed by atoms with Gasteiger partial charge in [0, 0.05) is 11.4 Å². The van der Waals surface area contributed by atoms with E-state index in [9.17, 15) is 26.9 Å². The van der Waals surface area contributed by atoms with E-state index < -0.39 is 27.1 Å².